The molecule has 2 N–H and O–H groups in total. The van der Waals surface area contributed by atoms with Gasteiger partial charge in [-0.05, 0) is 98.3 Å². The lowest BCUT2D eigenvalue weighted by molar-refractivity contribution is -0.253. The number of carboxylic acid groups (broad SMARTS) is 1. The third-order valence-electron chi connectivity index (χ3n) is 16.3. The number of aromatic nitrogens is 3. The second-order valence-electron chi connectivity index (χ2n) is 18.5. The Bertz CT molecular complexity index is 1360. The van der Waals surface area contributed by atoms with E-state index >= 15 is 0 Å². The minimum atomic E-state index is -0.607. The van der Waals surface area contributed by atoms with Crippen molar-refractivity contribution < 1.29 is 19.4 Å². The Morgan fingerprint density at radius 1 is 1.13 bits per heavy atom. The van der Waals surface area contributed by atoms with Crippen molar-refractivity contribution in [1.82, 2.24) is 20.1 Å². The van der Waals surface area contributed by atoms with Crippen molar-refractivity contribution in [2.75, 3.05) is 26.9 Å². The normalized spacial score (nSPS) is 45.0. The molecule has 1 aliphatic heterocycles. The zero-order valence-corrected chi connectivity index (χ0v) is 31.2. The number of allylic oxidation sites excluding steroid dienone is 1. The number of likely N-dealkylation sites (N-methyl/N-ethyl adjacent to an activating group) is 1. The first-order valence-corrected chi connectivity index (χ1v) is 18.6. The van der Waals surface area contributed by atoms with Crippen LogP contribution in [0.25, 0.3) is 0 Å². The van der Waals surface area contributed by atoms with Crippen molar-refractivity contribution in [3.8, 4) is 0 Å². The summed E-state index contributed by atoms with van der Waals surface area (Å²) in [4.78, 5) is 17.8. The number of nitrogens with one attached hydrogen (secondary N) is 1. The van der Waals surface area contributed by atoms with Crippen molar-refractivity contribution in [2.45, 2.75) is 125 Å². The lowest BCUT2D eigenvalue weighted by Gasteiger charge is -2.71. The van der Waals surface area contributed by atoms with Crippen molar-refractivity contribution in [2.24, 2.45) is 62.6 Å². The van der Waals surface area contributed by atoms with Gasteiger partial charge in [-0.3, -0.25) is 4.79 Å². The molecule has 3 saturated carbocycles. The molecule has 6 rings (SSSR count). The van der Waals surface area contributed by atoms with Gasteiger partial charge in [0.2, 0.25) is 0 Å². The minimum Gasteiger partial charge on any atom is -0.481 e. The first-order chi connectivity index (χ1) is 21.9. The second-order valence-corrected chi connectivity index (χ2v) is 18.5. The van der Waals surface area contributed by atoms with E-state index in [-0.39, 0.29) is 50.7 Å². The van der Waals surface area contributed by atoms with Gasteiger partial charge >= 0.3 is 5.97 Å². The van der Waals surface area contributed by atoms with Crippen LogP contribution in [-0.4, -0.2) is 64.4 Å². The summed E-state index contributed by atoms with van der Waals surface area (Å²) < 4.78 is 15.9. The zero-order chi connectivity index (χ0) is 34.4. The molecule has 2 bridgehead atoms. The van der Waals surface area contributed by atoms with E-state index < -0.39 is 5.97 Å². The highest BCUT2D eigenvalue weighted by atomic mass is 16.5. The number of fused-ring (bicyclic) bond motifs is 3. The minimum absolute atomic E-state index is 0.0324. The molecule has 8 nitrogen and oxygen atoms in total. The number of hydrogen-bond acceptors (Lipinski definition) is 6. The SMILES string of the molecule is CN[C@](C)(CO[C@H]1[C@H](n2cncn2)C[C@@]23COC[C@@]1(C)[C@@H]2CC[C@H]1C3=CC[C@@]2(C)[C@H](C(=O)O)[C@@](C)([C@H](C)C(C)C)CC[C@]12C)C(C)C. The third kappa shape index (κ3) is 4.80. The molecule has 4 aliphatic carbocycles. The molecule has 0 aromatic carbocycles. The Morgan fingerprint density at radius 3 is 2.45 bits per heavy atom. The standard InChI is InChI=1S/C39H64N4O4/c1-24(2)26(5)34(6)16-17-36(8)27-12-13-30-35(7)19-46-21-39(30,28(27)14-15-37(36,9)31(34)33(44)45)18-29(43-23-41-22-42-43)32(35)47-20-38(10,40-11)25(3)4/h14,22-27,29-32,40H,12-13,15-21H2,1-11H3,(H,44,45)/t26-,27+,29-,30+,31-,32+,34-,35+,36-,37+,38-,39+/m1/s1. The Hall–Kier alpha value is -1.77. The fourth-order valence-corrected chi connectivity index (χ4v) is 12.3. The van der Waals surface area contributed by atoms with Crippen LogP contribution in [-0.2, 0) is 14.3 Å². The highest BCUT2D eigenvalue weighted by Gasteiger charge is 2.72. The number of ether oxygens (including phenoxy) is 2. The Balaban J connectivity index is 1.43. The maximum Gasteiger partial charge on any atom is 0.307 e. The van der Waals surface area contributed by atoms with Gasteiger partial charge in [0.05, 0.1) is 37.9 Å². The van der Waals surface area contributed by atoms with E-state index in [1.165, 1.54) is 0 Å². The number of nitrogens with zero attached hydrogens (tertiary/aromatic N) is 3. The highest BCUT2D eigenvalue weighted by Crippen LogP contribution is 2.75. The number of rotatable bonds is 9. The monoisotopic (exact) mass is 652 g/mol. The summed E-state index contributed by atoms with van der Waals surface area (Å²) in [5.74, 6) is 0.945. The van der Waals surface area contributed by atoms with Crippen molar-refractivity contribution in [3.63, 3.8) is 0 Å². The van der Waals surface area contributed by atoms with Gasteiger partial charge in [0, 0.05) is 16.4 Å². The molecule has 0 radical (unpaired) electrons. The van der Waals surface area contributed by atoms with Gasteiger partial charge in [-0.1, -0.05) is 74.0 Å². The molecule has 1 saturated heterocycles. The summed E-state index contributed by atoms with van der Waals surface area (Å²) >= 11 is 0. The van der Waals surface area contributed by atoms with Gasteiger partial charge in [0.15, 0.2) is 0 Å². The zero-order valence-electron chi connectivity index (χ0n) is 31.2. The van der Waals surface area contributed by atoms with Gasteiger partial charge in [-0.25, -0.2) is 9.67 Å². The van der Waals surface area contributed by atoms with Gasteiger partial charge in [0.1, 0.15) is 12.7 Å². The summed E-state index contributed by atoms with van der Waals surface area (Å²) in [5, 5.41) is 19.3. The summed E-state index contributed by atoms with van der Waals surface area (Å²) in [6.45, 7) is 25.1. The fourth-order valence-electron chi connectivity index (χ4n) is 12.3. The smallest absolute Gasteiger partial charge is 0.307 e. The first-order valence-electron chi connectivity index (χ1n) is 18.6. The topological polar surface area (TPSA) is 98.5 Å². The quantitative estimate of drug-likeness (QED) is 0.268. The van der Waals surface area contributed by atoms with E-state index in [0.717, 1.165) is 38.5 Å². The predicted molar refractivity (Wildman–Crippen MR) is 185 cm³/mol. The van der Waals surface area contributed by atoms with Crippen LogP contribution in [0.15, 0.2) is 24.3 Å². The molecule has 0 amide bonds. The number of hydrogen-bond donors (Lipinski definition) is 2. The van der Waals surface area contributed by atoms with Crippen LogP contribution in [0.4, 0.5) is 0 Å². The van der Waals surface area contributed by atoms with Crippen LogP contribution < -0.4 is 5.32 Å². The van der Waals surface area contributed by atoms with Crippen LogP contribution in [0.1, 0.15) is 114 Å². The third-order valence-corrected chi connectivity index (χ3v) is 16.3. The molecule has 2 heterocycles. The predicted octanol–water partition coefficient (Wildman–Crippen LogP) is 7.43. The largest absolute Gasteiger partial charge is 0.481 e. The fraction of sp³-hybridized carbons (Fsp3) is 0.872. The second kappa shape index (κ2) is 11.7. The molecule has 0 spiro atoms. The van der Waals surface area contributed by atoms with Crippen LogP contribution in [0.2, 0.25) is 0 Å². The van der Waals surface area contributed by atoms with Gasteiger partial charge in [-0.2, -0.15) is 5.10 Å². The van der Waals surface area contributed by atoms with Crippen LogP contribution in [0.3, 0.4) is 0 Å². The van der Waals surface area contributed by atoms with Crippen LogP contribution >= 0.6 is 0 Å². The summed E-state index contributed by atoms with van der Waals surface area (Å²) in [5.41, 5.74) is 0.387. The summed E-state index contributed by atoms with van der Waals surface area (Å²) in [7, 11) is 2.03. The first kappa shape index (κ1) is 35.1. The van der Waals surface area contributed by atoms with E-state index in [4.69, 9.17) is 14.6 Å². The van der Waals surface area contributed by atoms with Crippen molar-refractivity contribution in [3.05, 3.63) is 24.3 Å². The average Bonchev–Trinajstić information content (AvgIpc) is 3.55. The van der Waals surface area contributed by atoms with Gasteiger partial charge in [0.25, 0.3) is 0 Å². The molecule has 12 atom stereocenters. The molecular weight excluding hydrogens is 588 g/mol. The van der Waals surface area contributed by atoms with Gasteiger partial charge in [-0.15, -0.1) is 0 Å². The lowest BCUT2D eigenvalue weighted by Crippen LogP contribution is -2.69. The Morgan fingerprint density at radius 2 is 1.85 bits per heavy atom. The van der Waals surface area contributed by atoms with E-state index in [9.17, 15) is 9.90 Å². The van der Waals surface area contributed by atoms with Gasteiger partial charge < -0.3 is 19.9 Å². The van der Waals surface area contributed by atoms with E-state index in [1.807, 2.05) is 13.4 Å². The summed E-state index contributed by atoms with van der Waals surface area (Å²) in [6, 6.07) is 0.0324. The molecule has 1 aromatic rings. The Kier molecular flexibility index (Phi) is 8.69. The Labute approximate surface area is 284 Å². The van der Waals surface area contributed by atoms with Crippen LogP contribution in [0, 0.1) is 62.6 Å². The summed E-state index contributed by atoms with van der Waals surface area (Å²) in [6.07, 6.45) is 11.9. The number of aliphatic carboxylic acids is 1. The van der Waals surface area contributed by atoms with Crippen molar-refractivity contribution >= 4 is 5.97 Å². The van der Waals surface area contributed by atoms with E-state index in [1.54, 1.807) is 11.9 Å². The van der Waals surface area contributed by atoms with E-state index in [0.29, 0.717) is 49.4 Å². The van der Waals surface area contributed by atoms with Crippen molar-refractivity contribution in [1.29, 1.82) is 0 Å². The number of carbonyl (C=O) groups is 1. The molecule has 47 heavy (non-hydrogen) atoms. The molecule has 1 aromatic heterocycles. The molecule has 4 fully saturated rings. The molecular formula is C39H64N4O4. The number of carboxylic acids is 1. The molecule has 264 valence electrons. The highest BCUT2D eigenvalue weighted by molar-refractivity contribution is 5.73. The average molecular weight is 653 g/mol. The van der Waals surface area contributed by atoms with Crippen LogP contribution in [0.5, 0.6) is 0 Å². The maximum absolute atomic E-state index is 13.4. The lowest BCUT2D eigenvalue weighted by atomic mass is 9.34. The van der Waals surface area contributed by atoms with E-state index in [2.05, 4.69) is 90.3 Å². The molecule has 8 heteroatoms. The maximum atomic E-state index is 13.4. The molecule has 0 unspecified atom stereocenters. The molecule has 5 aliphatic rings.